The maximum absolute atomic E-state index is 13.3. The van der Waals surface area contributed by atoms with Crippen LogP contribution in [0.15, 0.2) is 24.3 Å². The summed E-state index contributed by atoms with van der Waals surface area (Å²) in [6.45, 7) is 7.40. The predicted octanol–water partition coefficient (Wildman–Crippen LogP) is 2.86. The summed E-state index contributed by atoms with van der Waals surface area (Å²) in [6, 6.07) is 7.40. The number of nitrogens with zero attached hydrogens (tertiary/aromatic N) is 5. The van der Waals surface area contributed by atoms with Crippen molar-refractivity contribution in [2.24, 2.45) is 5.41 Å². The van der Waals surface area contributed by atoms with Gasteiger partial charge in [0.1, 0.15) is 30.5 Å². The van der Waals surface area contributed by atoms with E-state index < -0.39 is 0 Å². The molecule has 0 atom stereocenters. The summed E-state index contributed by atoms with van der Waals surface area (Å²) >= 11 is 0. The number of rotatable bonds is 4. The first-order chi connectivity index (χ1) is 16.9. The molecule has 3 aliphatic heterocycles. The van der Waals surface area contributed by atoms with Crippen LogP contribution in [0.5, 0.6) is 5.75 Å². The second-order valence-corrected chi connectivity index (χ2v) is 9.77. The van der Waals surface area contributed by atoms with Gasteiger partial charge in [0, 0.05) is 26.7 Å². The van der Waals surface area contributed by atoms with E-state index in [1.807, 2.05) is 47.9 Å². The minimum atomic E-state index is -0.00563. The highest BCUT2D eigenvalue weighted by molar-refractivity contribution is 5.97. The van der Waals surface area contributed by atoms with Crippen LogP contribution in [0.25, 0.3) is 0 Å². The number of amides is 2. The maximum atomic E-state index is 13.3. The third kappa shape index (κ3) is 6.01. The first-order valence-electron chi connectivity index (χ1n) is 12.6. The van der Waals surface area contributed by atoms with E-state index in [0.717, 1.165) is 51.0 Å². The summed E-state index contributed by atoms with van der Waals surface area (Å²) in [6.07, 6.45) is 4.78. The predicted molar refractivity (Wildman–Crippen MR) is 131 cm³/mol. The van der Waals surface area contributed by atoms with Crippen LogP contribution in [-0.4, -0.2) is 82.9 Å². The Morgan fingerprint density at radius 3 is 2.57 bits per heavy atom. The van der Waals surface area contributed by atoms with E-state index >= 15 is 0 Å². The fourth-order valence-corrected chi connectivity index (χ4v) is 5.27. The summed E-state index contributed by atoms with van der Waals surface area (Å²) in [4.78, 5) is 34.7. The zero-order valence-electron chi connectivity index (χ0n) is 21.2. The van der Waals surface area contributed by atoms with E-state index in [0.29, 0.717) is 43.4 Å². The summed E-state index contributed by atoms with van der Waals surface area (Å²) in [5.41, 5.74) is 0.652. The normalized spacial score (nSPS) is 19.0. The lowest BCUT2D eigenvalue weighted by atomic mass is 9.75. The quantitative estimate of drug-likeness (QED) is 0.664. The van der Waals surface area contributed by atoms with Crippen LogP contribution in [-0.2, 0) is 16.1 Å². The molecule has 0 radical (unpaired) electrons. The van der Waals surface area contributed by atoms with Gasteiger partial charge in [0.15, 0.2) is 0 Å². The molecule has 9 heteroatoms. The third-order valence-corrected chi connectivity index (χ3v) is 7.28. The SMILES string of the molecule is COCC12CCCCN(C(=O)Cn3nc(C)nc3C)CCOc3ccccc3C(=O)N(CC1)CC2. The van der Waals surface area contributed by atoms with Gasteiger partial charge in [-0.2, -0.15) is 5.10 Å². The lowest BCUT2D eigenvalue weighted by Gasteiger charge is -2.41. The summed E-state index contributed by atoms with van der Waals surface area (Å²) in [7, 11) is 1.75. The van der Waals surface area contributed by atoms with Crippen LogP contribution in [0.2, 0.25) is 0 Å². The monoisotopic (exact) mass is 483 g/mol. The van der Waals surface area contributed by atoms with Crippen LogP contribution in [0.4, 0.5) is 0 Å². The van der Waals surface area contributed by atoms with E-state index in [1.54, 1.807) is 11.8 Å². The Morgan fingerprint density at radius 2 is 1.86 bits per heavy atom. The highest BCUT2D eigenvalue weighted by Gasteiger charge is 2.36. The van der Waals surface area contributed by atoms with Crippen LogP contribution in [0, 0.1) is 19.3 Å². The zero-order chi connectivity index (χ0) is 24.8. The molecule has 9 nitrogen and oxygen atoms in total. The molecule has 0 spiro atoms. The van der Waals surface area contributed by atoms with Gasteiger partial charge in [0.05, 0.1) is 18.7 Å². The molecule has 35 heavy (non-hydrogen) atoms. The standard InChI is InChI=1S/C26H37N5O4/c1-20-27-21(2)31(28-20)18-24(32)29-13-7-6-10-26(19-34-3)11-14-30(15-12-26)25(33)22-8-4-5-9-23(22)35-17-16-29/h4-5,8-9H,6-7,10-19H2,1-3H3. The van der Waals surface area contributed by atoms with Gasteiger partial charge in [-0.05, 0) is 57.1 Å². The molecular weight excluding hydrogens is 446 g/mol. The number of fused-ring (bicyclic) bond motifs is 9. The van der Waals surface area contributed by atoms with Crippen LogP contribution in [0.3, 0.4) is 0 Å². The number of ether oxygens (including phenoxy) is 2. The van der Waals surface area contributed by atoms with Gasteiger partial charge in [-0.15, -0.1) is 0 Å². The summed E-state index contributed by atoms with van der Waals surface area (Å²) < 4.78 is 13.3. The highest BCUT2D eigenvalue weighted by atomic mass is 16.5. The molecule has 0 saturated carbocycles. The number of aromatic nitrogens is 3. The van der Waals surface area contributed by atoms with Gasteiger partial charge < -0.3 is 19.3 Å². The smallest absolute Gasteiger partial charge is 0.257 e. The fraction of sp³-hybridized carbons (Fsp3) is 0.615. The second-order valence-electron chi connectivity index (χ2n) is 9.77. The highest BCUT2D eigenvalue weighted by Crippen LogP contribution is 2.38. The first kappa shape index (κ1) is 25.2. The zero-order valence-corrected chi connectivity index (χ0v) is 21.2. The molecule has 1 aromatic carbocycles. The molecule has 1 fully saturated rings. The lowest BCUT2D eigenvalue weighted by molar-refractivity contribution is -0.132. The molecular formula is C26H37N5O4. The van der Waals surface area contributed by atoms with Crippen molar-refractivity contribution in [3.8, 4) is 5.75 Å². The molecule has 0 unspecified atom stereocenters. The average molecular weight is 484 g/mol. The first-order valence-corrected chi connectivity index (χ1v) is 12.6. The average Bonchev–Trinajstić information content (AvgIpc) is 3.16. The maximum Gasteiger partial charge on any atom is 0.257 e. The van der Waals surface area contributed by atoms with Crippen molar-refractivity contribution in [1.82, 2.24) is 24.6 Å². The molecule has 4 heterocycles. The number of carbonyl (C=O) groups excluding carboxylic acids is 2. The van der Waals surface area contributed by atoms with Crippen LogP contribution >= 0.6 is 0 Å². The molecule has 1 saturated heterocycles. The Labute approximate surface area is 207 Å². The summed E-state index contributed by atoms with van der Waals surface area (Å²) in [5.74, 6) is 1.95. The van der Waals surface area contributed by atoms with Gasteiger partial charge in [-0.1, -0.05) is 18.6 Å². The van der Waals surface area contributed by atoms with Crippen LogP contribution < -0.4 is 4.74 Å². The van der Waals surface area contributed by atoms with E-state index in [-0.39, 0.29) is 23.8 Å². The van der Waals surface area contributed by atoms with Gasteiger partial charge >= 0.3 is 0 Å². The Kier molecular flexibility index (Phi) is 8.05. The van der Waals surface area contributed by atoms with Crippen molar-refractivity contribution >= 4 is 11.8 Å². The van der Waals surface area contributed by atoms with Gasteiger partial charge in [0.25, 0.3) is 5.91 Å². The fourth-order valence-electron chi connectivity index (χ4n) is 5.27. The molecule has 1 aromatic heterocycles. The van der Waals surface area contributed by atoms with Crippen molar-refractivity contribution in [2.45, 2.75) is 52.5 Å². The van der Waals surface area contributed by atoms with E-state index in [2.05, 4.69) is 10.1 Å². The van der Waals surface area contributed by atoms with Gasteiger partial charge in [-0.3, -0.25) is 9.59 Å². The van der Waals surface area contributed by atoms with Crippen molar-refractivity contribution in [3.05, 3.63) is 41.5 Å². The number of carbonyl (C=O) groups is 2. The Balaban J connectivity index is 1.54. The van der Waals surface area contributed by atoms with E-state index in [4.69, 9.17) is 9.47 Å². The summed E-state index contributed by atoms with van der Waals surface area (Å²) in [5, 5.41) is 4.35. The minimum Gasteiger partial charge on any atom is -0.491 e. The minimum absolute atomic E-state index is 0.00563. The van der Waals surface area contributed by atoms with E-state index in [9.17, 15) is 9.59 Å². The molecule has 3 aliphatic rings. The molecule has 0 N–H and O–H groups in total. The lowest BCUT2D eigenvalue weighted by Crippen LogP contribution is -2.45. The molecule has 2 aromatic rings. The Bertz CT molecular complexity index is 1030. The van der Waals surface area contributed by atoms with Crippen LogP contribution in [0.1, 0.15) is 54.1 Å². The van der Waals surface area contributed by atoms with Crippen molar-refractivity contribution in [2.75, 3.05) is 46.5 Å². The Hall–Kier alpha value is -2.94. The number of aryl methyl sites for hydroxylation is 2. The number of para-hydroxylation sites is 1. The van der Waals surface area contributed by atoms with E-state index in [1.165, 1.54) is 0 Å². The molecule has 190 valence electrons. The number of hydrogen-bond donors (Lipinski definition) is 0. The molecule has 2 amide bonds. The number of piperidine rings is 1. The van der Waals surface area contributed by atoms with Crippen molar-refractivity contribution < 1.29 is 19.1 Å². The number of benzene rings is 1. The number of methoxy groups -OCH3 is 1. The largest absolute Gasteiger partial charge is 0.491 e. The molecule has 5 rings (SSSR count). The number of hydrogen-bond acceptors (Lipinski definition) is 6. The van der Waals surface area contributed by atoms with Crippen molar-refractivity contribution in [1.29, 1.82) is 0 Å². The Morgan fingerprint density at radius 1 is 1.09 bits per heavy atom. The molecule has 0 aliphatic carbocycles. The third-order valence-electron chi connectivity index (χ3n) is 7.28. The second kappa shape index (κ2) is 11.2. The van der Waals surface area contributed by atoms with Gasteiger partial charge in [0.2, 0.25) is 5.91 Å². The van der Waals surface area contributed by atoms with Gasteiger partial charge in [-0.25, -0.2) is 9.67 Å². The molecule has 2 bridgehead atoms. The topological polar surface area (TPSA) is 89.8 Å². The van der Waals surface area contributed by atoms with Crippen molar-refractivity contribution in [3.63, 3.8) is 0 Å².